The molecule has 0 saturated carbocycles. The highest BCUT2D eigenvalue weighted by atomic mass is 16.6. The Morgan fingerprint density at radius 1 is 1.29 bits per heavy atom. The van der Waals surface area contributed by atoms with Gasteiger partial charge < -0.3 is 18.7 Å². The van der Waals surface area contributed by atoms with Gasteiger partial charge in [-0.15, -0.1) is 0 Å². The van der Waals surface area contributed by atoms with Crippen molar-refractivity contribution in [3.05, 3.63) is 35.5 Å². The van der Waals surface area contributed by atoms with Crippen LogP contribution in [-0.4, -0.2) is 48.0 Å². The van der Waals surface area contributed by atoms with E-state index in [1.807, 2.05) is 19.1 Å². The van der Waals surface area contributed by atoms with E-state index >= 15 is 0 Å². The molecule has 2 aromatic rings. The molecule has 0 N–H and O–H groups in total. The van der Waals surface area contributed by atoms with Gasteiger partial charge in [-0.3, -0.25) is 4.90 Å². The molecule has 0 spiro atoms. The second-order valence-electron chi connectivity index (χ2n) is 6.16. The number of fused-ring (bicyclic) bond motifs is 1. The topological polar surface area (TPSA) is 69.9 Å². The first-order valence-electron chi connectivity index (χ1n) is 8.19. The van der Waals surface area contributed by atoms with Crippen molar-refractivity contribution in [2.45, 2.75) is 32.0 Å². The summed E-state index contributed by atoms with van der Waals surface area (Å²) in [6.45, 7) is 4.54. The van der Waals surface area contributed by atoms with Crippen molar-refractivity contribution in [1.29, 1.82) is 0 Å². The average Bonchev–Trinajstić information content (AvgIpc) is 3.21. The van der Waals surface area contributed by atoms with Gasteiger partial charge in [-0.2, -0.15) is 4.98 Å². The number of hydrogen-bond donors (Lipinski definition) is 0. The third kappa shape index (κ3) is 2.85. The van der Waals surface area contributed by atoms with Crippen LogP contribution in [0.3, 0.4) is 0 Å². The van der Waals surface area contributed by atoms with E-state index in [2.05, 4.69) is 21.1 Å². The largest absolute Gasteiger partial charge is 0.486 e. The SMILES string of the molecule is CO[C@@H]1C[C@H](c2nc(C)no2)N(Cc2cccc3c2OCCO3)C1. The molecule has 3 heterocycles. The van der Waals surface area contributed by atoms with E-state index in [1.54, 1.807) is 7.11 Å². The highest BCUT2D eigenvalue weighted by molar-refractivity contribution is 5.47. The summed E-state index contributed by atoms with van der Waals surface area (Å²) in [6, 6.07) is 6.07. The van der Waals surface area contributed by atoms with E-state index < -0.39 is 0 Å². The standard InChI is InChI=1S/C17H21N3O4/c1-11-18-17(24-19-11)14-8-13(21-2)10-20(14)9-12-4-3-5-15-16(12)23-7-6-22-15/h3-5,13-14H,6-10H2,1-2H3/t13-,14-/m1/s1. The number of ether oxygens (including phenoxy) is 3. The second-order valence-corrected chi connectivity index (χ2v) is 6.16. The molecule has 2 aliphatic heterocycles. The summed E-state index contributed by atoms with van der Waals surface area (Å²) < 4.78 is 22.5. The Hall–Kier alpha value is -2.12. The number of para-hydroxylation sites is 1. The van der Waals surface area contributed by atoms with Crippen LogP contribution in [0.2, 0.25) is 0 Å². The summed E-state index contributed by atoms with van der Waals surface area (Å²) >= 11 is 0. The molecule has 0 unspecified atom stereocenters. The van der Waals surface area contributed by atoms with Gasteiger partial charge in [0.05, 0.1) is 12.1 Å². The molecule has 1 aromatic carbocycles. The predicted molar refractivity (Wildman–Crippen MR) is 85.0 cm³/mol. The van der Waals surface area contributed by atoms with Crippen LogP contribution in [0.25, 0.3) is 0 Å². The number of rotatable bonds is 4. The quantitative estimate of drug-likeness (QED) is 0.850. The van der Waals surface area contributed by atoms with Crippen LogP contribution in [0.1, 0.15) is 29.7 Å². The first-order chi connectivity index (χ1) is 11.7. The molecule has 0 aliphatic carbocycles. The van der Waals surface area contributed by atoms with Crippen molar-refractivity contribution in [2.75, 3.05) is 26.9 Å². The molecular formula is C17H21N3O4. The van der Waals surface area contributed by atoms with Gasteiger partial charge in [0.25, 0.3) is 0 Å². The first-order valence-corrected chi connectivity index (χ1v) is 8.19. The van der Waals surface area contributed by atoms with Crippen molar-refractivity contribution >= 4 is 0 Å². The number of benzene rings is 1. The third-order valence-electron chi connectivity index (χ3n) is 4.55. The first kappa shape index (κ1) is 15.4. The minimum atomic E-state index is 0.0523. The van der Waals surface area contributed by atoms with E-state index in [4.69, 9.17) is 18.7 Å². The lowest BCUT2D eigenvalue weighted by atomic mass is 10.1. The monoisotopic (exact) mass is 331 g/mol. The van der Waals surface area contributed by atoms with E-state index in [9.17, 15) is 0 Å². The smallest absolute Gasteiger partial charge is 0.244 e. The molecule has 1 fully saturated rings. The summed E-state index contributed by atoms with van der Waals surface area (Å²) in [5, 5.41) is 3.93. The van der Waals surface area contributed by atoms with Crippen LogP contribution in [0, 0.1) is 6.92 Å². The zero-order valence-corrected chi connectivity index (χ0v) is 13.9. The van der Waals surface area contributed by atoms with Gasteiger partial charge in [0.1, 0.15) is 13.2 Å². The number of aryl methyl sites for hydroxylation is 1. The molecular weight excluding hydrogens is 310 g/mol. The fourth-order valence-corrected chi connectivity index (χ4v) is 3.39. The highest BCUT2D eigenvalue weighted by Crippen LogP contribution is 2.38. The van der Waals surface area contributed by atoms with Crippen molar-refractivity contribution in [2.24, 2.45) is 0 Å². The normalized spacial score (nSPS) is 23.6. The van der Waals surface area contributed by atoms with E-state index in [-0.39, 0.29) is 12.1 Å². The van der Waals surface area contributed by atoms with E-state index in [1.165, 1.54) is 0 Å². The molecule has 128 valence electrons. The second kappa shape index (κ2) is 6.41. The minimum Gasteiger partial charge on any atom is -0.486 e. The van der Waals surface area contributed by atoms with Gasteiger partial charge in [0, 0.05) is 25.8 Å². The Kier molecular flexibility index (Phi) is 4.12. The maximum absolute atomic E-state index is 5.83. The molecule has 7 nitrogen and oxygen atoms in total. The van der Waals surface area contributed by atoms with Gasteiger partial charge in [0.15, 0.2) is 17.3 Å². The molecule has 2 aliphatic rings. The number of methoxy groups -OCH3 is 1. The average molecular weight is 331 g/mol. The van der Waals surface area contributed by atoms with Gasteiger partial charge in [-0.05, 0) is 19.4 Å². The Morgan fingerprint density at radius 3 is 2.96 bits per heavy atom. The highest BCUT2D eigenvalue weighted by Gasteiger charge is 2.37. The summed E-state index contributed by atoms with van der Waals surface area (Å²) in [7, 11) is 1.74. The molecule has 0 amide bonds. The fraction of sp³-hybridized carbons (Fsp3) is 0.529. The molecule has 24 heavy (non-hydrogen) atoms. The molecule has 0 bridgehead atoms. The molecule has 4 rings (SSSR count). The number of hydrogen-bond acceptors (Lipinski definition) is 7. The van der Waals surface area contributed by atoms with Crippen molar-refractivity contribution in [3.8, 4) is 11.5 Å². The predicted octanol–water partition coefficient (Wildman–Crippen LogP) is 2.11. The van der Waals surface area contributed by atoms with Crippen LogP contribution in [-0.2, 0) is 11.3 Å². The Labute approximate surface area is 140 Å². The molecule has 2 atom stereocenters. The Bertz CT molecular complexity index is 718. The van der Waals surface area contributed by atoms with Crippen molar-refractivity contribution < 1.29 is 18.7 Å². The lowest BCUT2D eigenvalue weighted by molar-refractivity contribution is 0.106. The van der Waals surface area contributed by atoms with Gasteiger partial charge in [0.2, 0.25) is 5.89 Å². The molecule has 1 aromatic heterocycles. The summed E-state index contributed by atoms with van der Waals surface area (Å²) in [5.74, 6) is 2.95. The lowest BCUT2D eigenvalue weighted by Gasteiger charge is -2.25. The van der Waals surface area contributed by atoms with Crippen molar-refractivity contribution in [1.82, 2.24) is 15.0 Å². The number of aromatic nitrogens is 2. The summed E-state index contributed by atoms with van der Waals surface area (Å²) in [6.07, 6.45) is 0.990. The molecule has 7 heteroatoms. The van der Waals surface area contributed by atoms with E-state index in [0.717, 1.165) is 36.6 Å². The Morgan fingerprint density at radius 2 is 2.17 bits per heavy atom. The van der Waals surface area contributed by atoms with Crippen LogP contribution in [0.5, 0.6) is 11.5 Å². The molecule has 1 saturated heterocycles. The summed E-state index contributed by atoms with van der Waals surface area (Å²) in [5.41, 5.74) is 1.10. The third-order valence-corrected chi connectivity index (χ3v) is 4.55. The van der Waals surface area contributed by atoms with Gasteiger partial charge >= 0.3 is 0 Å². The van der Waals surface area contributed by atoms with Gasteiger partial charge in [-0.25, -0.2) is 0 Å². The van der Waals surface area contributed by atoms with Crippen LogP contribution in [0.15, 0.2) is 22.7 Å². The van der Waals surface area contributed by atoms with Crippen molar-refractivity contribution in [3.63, 3.8) is 0 Å². The number of nitrogens with zero attached hydrogens (tertiary/aromatic N) is 3. The minimum absolute atomic E-state index is 0.0523. The van der Waals surface area contributed by atoms with Crippen LogP contribution >= 0.6 is 0 Å². The summed E-state index contributed by atoms with van der Waals surface area (Å²) in [4.78, 5) is 6.71. The van der Waals surface area contributed by atoms with E-state index in [0.29, 0.717) is 24.9 Å². The van der Waals surface area contributed by atoms with Crippen LogP contribution in [0.4, 0.5) is 0 Å². The maximum atomic E-state index is 5.83. The zero-order chi connectivity index (χ0) is 16.5. The molecule has 0 radical (unpaired) electrons. The maximum Gasteiger partial charge on any atom is 0.244 e. The lowest BCUT2D eigenvalue weighted by Crippen LogP contribution is -2.26. The Balaban J connectivity index is 1.60. The fourth-order valence-electron chi connectivity index (χ4n) is 3.39. The van der Waals surface area contributed by atoms with Gasteiger partial charge in [-0.1, -0.05) is 17.3 Å². The van der Waals surface area contributed by atoms with Crippen LogP contribution < -0.4 is 9.47 Å². The zero-order valence-electron chi connectivity index (χ0n) is 13.9. The number of likely N-dealkylation sites (tertiary alicyclic amines) is 1.